The zero-order valence-corrected chi connectivity index (χ0v) is 19.0. The summed E-state index contributed by atoms with van der Waals surface area (Å²) in [5, 5.41) is 2.87. The number of likely N-dealkylation sites (N-methyl/N-ethyl adjacent to an activating group) is 1. The molecule has 1 aliphatic rings. The molecule has 166 valence electrons. The van der Waals surface area contributed by atoms with Gasteiger partial charge in [0.1, 0.15) is 5.75 Å². The first-order chi connectivity index (χ1) is 14.1. The van der Waals surface area contributed by atoms with Crippen molar-refractivity contribution in [2.24, 2.45) is 5.92 Å². The van der Waals surface area contributed by atoms with E-state index >= 15 is 0 Å². The number of methoxy groups -OCH3 is 1. The molecule has 0 bridgehead atoms. The summed E-state index contributed by atoms with van der Waals surface area (Å²) in [6, 6.07) is 7.17. The lowest BCUT2D eigenvalue weighted by Crippen LogP contribution is -2.47. The maximum atomic E-state index is 13.3. The molecule has 30 heavy (non-hydrogen) atoms. The summed E-state index contributed by atoms with van der Waals surface area (Å²) in [6.07, 6.45) is 2.00. The highest BCUT2D eigenvalue weighted by Crippen LogP contribution is 2.39. The molecule has 0 spiro atoms. The van der Waals surface area contributed by atoms with E-state index in [9.17, 15) is 14.4 Å². The van der Waals surface area contributed by atoms with Crippen molar-refractivity contribution in [3.8, 4) is 5.75 Å². The van der Waals surface area contributed by atoms with Gasteiger partial charge in [-0.15, -0.1) is 0 Å². The Morgan fingerprint density at radius 1 is 1.23 bits per heavy atom. The Hall–Kier alpha value is -2.57. The first kappa shape index (κ1) is 23.7. The fraction of sp³-hybridized carbons (Fsp3) is 0.609. The van der Waals surface area contributed by atoms with Crippen LogP contribution in [0.1, 0.15) is 58.6 Å². The van der Waals surface area contributed by atoms with Crippen LogP contribution in [0.25, 0.3) is 0 Å². The molecule has 0 saturated carbocycles. The van der Waals surface area contributed by atoms with E-state index in [0.717, 1.165) is 24.2 Å². The number of ether oxygens (including phenoxy) is 1. The SMILES string of the molecule is CCCCN1C(=O)CC(C(=O)N(C)CC(=O)NC(C)(C)C)C1c1ccc(OC)cc1. The number of rotatable bonds is 8. The van der Waals surface area contributed by atoms with Gasteiger partial charge in [0.25, 0.3) is 0 Å². The Labute approximate surface area is 179 Å². The van der Waals surface area contributed by atoms with Gasteiger partial charge in [-0.05, 0) is 44.9 Å². The van der Waals surface area contributed by atoms with Gasteiger partial charge in [-0.1, -0.05) is 25.5 Å². The van der Waals surface area contributed by atoms with Gasteiger partial charge >= 0.3 is 0 Å². The number of nitrogens with one attached hydrogen (secondary N) is 1. The number of hydrogen-bond donors (Lipinski definition) is 1. The molecular formula is C23H35N3O4. The maximum absolute atomic E-state index is 13.3. The lowest BCUT2D eigenvalue weighted by molar-refractivity contribution is -0.139. The highest BCUT2D eigenvalue weighted by Gasteiger charge is 2.45. The van der Waals surface area contributed by atoms with E-state index in [-0.39, 0.29) is 42.3 Å². The first-order valence-corrected chi connectivity index (χ1v) is 10.6. The van der Waals surface area contributed by atoms with Crippen LogP contribution in [-0.4, -0.2) is 60.3 Å². The van der Waals surface area contributed by atoms with Crippen LogP contribution in [0.4, 0.5) is 0 Å². The van der Waals surface area contributed by atoms with Crippen LogP contribution in [-0.2, 0) is 14.4 Å². The largest absolute Gasteiger partial charge is 0.497 e. The van der Waals surface area contributed by atoms with Crippen LogP contribution in [0.5, 0.6) is 5.75 Å². The summed E-state index contributed by atoms with van der Waals surface area (Å²) in [7, 11) is 3.22. The van der Waals surface area contributed by atoms with Gasteiger partial charge in [0.15, 0.2) is 0 Å². The average molecular weight is 418 g/mol. The normalized spacial score (nSPS) is 19.0. The number of benzene rings is 1. The third kappa shape index (κ3) is 5.97. The number of nitrogens with zero attached hydrogens (tertiary/aromatic N) is 2. The second-order valence-corrected chi connectivity index (χ2v) is 8.96. The summed E-state index contributed by atoms with van der Waals surface area (Å²) >= 11 is 0. The van der Waals surface area contributed by atoms with E-state index in [1.54, 1.807) is 14.2 Å². The van der Waals surface area contributed by atoms with Gasteiger partial charge in [-0.2, -0.15) is 0 Å². The summed E-state index contributed by atoms with van der Waals surface area (Å²) in [4.78, 5) is 41.6. The van der Waals surface area contributed by atoms with E-state index in [2.05, 4.69) is 12.2 Å². The Morgan fingerprint density at radius 2 is 1.87 bits per heavy atom. The molecule has 2 unspecified atom stereocenters. The minimum absolute atomic E-state index is 0.0184. The van der Waals surface area contributed by atoms with Gasteiger partial charge in [0.05, 0.1) is 25.6 Å². The molecule has 1 aromatic carbocycles. The Kier molecular flexibility index (Phi) is 7.87. The van der Waals surface area contributed by atoms with Crippen molar-refractivity contribution in [2.45, 2.75) is 58.5 Å². The monoisotopic (exact) mass is 417 g/mol. The maximum Gasteiger partial charge on any atom is 0.240 e. The number of carbonyl (C=O) groups is 3. The second-order valence-electron chi connectivity index (χ2n) is 8.96. The predicted molar refractivity (Wildman–Crippen MR) is 116 cm³/mol. The summed E-state index contributed by atoms with van der Waals surface area (Å²) in [6.45, 7) is 8.34. The number of unbranched alkanes of at least 4 members (excludes halogenated alkanes) is 1. The molecular weight excluding hydrogens is 382 g/mol. The van der Waals surface area contributed by atoms with E-state index in [1.807, 2.05) is 49.9 Å². The fourth-order valence-electron chi connectivity index (χ4n) is 3.85. The quantitative estimate of drug-likeness (QED) is 0.705. The Balaban J connectivity index is 2.24. The molecule has 1 aliphatic heterocycles. The number of likely N-dealkylation sites (tertiary alicyclic amines) is 1. The zero-order chi connectivity index (χ0) is 22.5. The minimum atomic E-state index is -0.518. The highest BCUT2D eigenvalue weighted by molar-refractivity contribution is 5.92. The van der Waals surface area contributed by atoms with Crippen molar-refractivity contribution in [3.05, 3.63) is 29.8 Å². The van der Waals surface area contributed by atoms with Gasteiger partial charge < -0.3 is 19.9 Å². The molecule has 1 heterocycles. The standard InChI is InChI=1S/C23H35N3O4/c1-7-8-13-26-20(28)14-18(21(26)16-9-11-17(30-6)12-10-16)22(29)25(5)15-19(27)24-23(2,3)4/h9-12,18,21H,7-8,13-15H2,1-6H3,(H,24,27). The van der Waals surface area contributed by atoms with Crippen LogP contribution in [0, 0.1) is 5.92 Å². The molecule has 2 rings (SSSR count). The molecule has 1 aromatic rings. The van der Waals surface area contributed by atoms with Crippen molar-refractivity contribution in [1.29, 1.82) is 0 Å². The molecule has 0 aromatic heterocycles. The van der Waals surface area contributed by atoms with Crippen molar-refractivity contribution in [3.63, 3.8) is 0 Å². The zero-order valence-electron chi connectivity index (χ0n) is 19.0. The van der Waals surface area contributed by atoms with E-state index in [4.69, 9.17) is 4.74 Å². The molecule has 0 aliphatic carbocycles. The van der Waals surface area contributed by atoms with Crippen LogP contribution in [0.3, 0.4) is 0 Å². The van der Waals surface area contributed by atoms with Crippen LogP contribution < -0.4 is 10.1 Å². The number of amides is 3. The topological polar surface area (TPSA) is 79.0 Å². The van der Waals surface area contributed by atoms with Crippen molar-refractivity contribution in [2.75, 3.05) is 27.2 Å². The first-order valence-electron chi connectivity index (χ1n) is 10.6. The molecule has 0 radical (unpaired) electrons. The molecule has 7 heteroatoms. The van der Waals surface area contributed by atoms with Crippen LogP contribution in [0.2, 0.25) is 0 Å². The van der Waals surface area contributed by atoms with Crippen molar-refractivity contribution < 1.29 is 19.1 Å². The highest BCUT2D eigenvalue weighted by atomic mass is 16.5. The summed E-state index contributed by atoms with van der Waals surface area (Å²) in [5.41, 5.74) is 0.538. The third-order valence-electron chi connectivity index (χ3n) is 5.23. The smallest absolute Gasteiger partial charge is 0.240 e. The van der Waals surface area contributed by atoms with Crippen molar-refractivity contribution >= 4 is 17.7 Å². The molecule has 1 N–H and O–H groups in total. The molecule has 2 atom stereocenters. The summed E-state index contributed by atoms with van der Waals surface area (Å²) < 4.78 is 5.24. The van der Waals surface area contributed by atoms with E-state index in [1.165, 1.54) is 4.90 Å². The molecule has 7 nitrogen and oxygen atoms in total. The third-order valence-corrected chi connectivity index (χ3v) is 5.23. The molecule has 3 amide bonds. The fourth-order valence-corrected chi connectivity index (χ4v) is 3.85. The summed E-state index contributed by atoms with van der Waals surface area (Å²) in [5.74, 6) is -0.217. The lowest BCUT2D eigenvalue weighted by Gasteiger charge is -2.30. The predicted octanol–water partition coefficient (Wildman–Crippen LogP) is 2.76. The second kappa shape index (κ2) is 9.96. The Morgan fingerprint density at radius 3 is 2.40 bits per heavy atom. The van der Waals surface area contributed by atoms with Crippen LogP contribution >= 0.6 is 0 Å². The van der Waals surface area contributed by atoms with Crippen molar-refractivity contribution in [1.82, 2.24) is 15.1 Å². The lowest BCUT2D eigenvalue weighted by atomic mass is 9.92. The van der Waals surface area contributed by atoms with Crippen LogP contribution in [0.15, 0.2) is 24.3 Å². The molecule has 1 saturated heterocycles. The van der Waals surface area contributed by atoms with Gasteiger partial charge in [-0.3, -0.25) is 14.4 Å². The number of hydrogen-bond acceptors (Lipinski definition) is 4. The minimum Gasteiger partial charge on any atom is -0.497 e. The Bertz CT molecular complexity index is 755. The van der Waals surface area contributed by atoms with Gasteiger partial charge in [0, 0.05) is 25.6 Å². The van der Waals surface area contributed by atoms with Gasteiger partial charge in [0.2, 0.25) is 17.7 Å². The van der Waals surface area contributed by atoms with Gasteiger partial charge in [-0.25, -0.2) is 0 Å². The average Bonchev–Trinajstić information content (AvgIpc) is 3.00. The van der Waals surface area contributed by atoms with E-state index in [0.29, 0.717) is 6.54 Å². The number of carbonyl (C=O) groups excluding carboxylic acids is 3. The molecule has 1 fully saturated rings. The van der Waals surface area contributed by atoms with E-state index < -0.39 is 5.92 Å².